The molecule has 1 atom stereocenters. The lowest BCUT2D eigenvalue weighted by molar-refractivity contribution is -0.127. The SMILES string of the molecule is CN1C(=O)C=C[C@@]1(C)c1ccco1. The summed E-state index contributed by atoms with van der Waals surface area (Å²) in [6.07, 6.45) is 5.04. The van der Waals surface area contributed by atoms with E-state index in [0.717, 1.165) is 5.76 Å². The molecule has 0 spiro atoms. The first-order valence-electron chi connectivity index (χ1n) is 4.15. The Morgan fingerprint density at radius 1 is 1.54 bits per heavy atom. The number of hydrogen-bond donors (Lipinski definition) is 0. The van der Waals surface area contributed by atoms with Crippen LogP contribution in [0.4, 0.5) is 0 Å². The van der Waals surface area contributed by atoms with Gasteiger partial charge in [0.2, 0.25) is 5.91 Å². The van der Waals surface area contributed by atoms with Gasteiger partial charge in [0.15, 0.2) is 0 Å². The fourth-order valence-electron chi connectivity index (χ4n) is 1.50. The highest BCUT2D eigenvalue weighted by Gasteiger charge is 2.37. The zero-order chi connectivity index (χ0) is 9.47. The predicted octanol–water partition coefficient (Wildman–Crippen LogP) is 1.52. The van der Waals surface area contributed by atoms with Crippen LogP contribution in [-0.2, 0) is 10.3 Å². The van der Waals surface area contributed by atoms with E-state index in [-0.39, 0.29) is 5.91 Å². The molecular weight excluding hydrogens is 166 g/mol. The van der Waals surface area contributed by atoms with Gasteiger partial charge in [-0.15, -0.1) is 0 Å². The lowest BCUT2D eigenvalue weighted by Gasteiger charge is -2.29. The number of rotatable bonds is 1. The van der Waals surface area contributed by atoms with Gasteiger partial charge in [-0.1, -0.05) is 0 Å². The fraction of sp³-hybridized carbons (Fsp3) is 0.300. The second-order valence-corrected chi connectivity index (χ2v) is 3.36. The highest BCUT2D eigenvalue weighted by atomic mass is 16.3. The number of nitrogens with zero attached hydrogens (tertiary/aromatic N) is 1. The summed E-state index contributed by atoms with van der Waals surface area (Å²) in [5, 5.41) is 0. The summed E-state index contributed by atoms with van der Waals surface area (Å²) in [5.74, 6) is 0.802. The Kier molecular flexibility index (Phi) is 1.55. The zero-order valence-corrected chi connectivity index (χ0v) is 7.65. The molecule has 0 unspecified atom stereocenters. The number of carbonyl (C=O) groups is 1. The standard InChI is InChI=1S/C10H11NO2/c1-10(8-4-3-7-13-8)6-5-9(12)11(10)2/h3-7H,1-2H3/t10-/m0/s1. The van der Waals surface area contributed by atoms with Gasteiger partial charge >= 0.3 is 0 Å². The quantitative estimate of drug-likeness (QED) is 0.651. The van der Waals surface area contributed by atoms with Crippen molar-refractivity contribution in [2.75, 3.05) is 7.05 Å². The van der Waals surface area contributed by atoms with E-state index in [1.54, 1.807) is 24.3 Å². The third-order valence-corrected chi connectivity index (χ3v) is 2.60. The Bertz CT molecular complexity index is 353. The van der Waals surface area contributed by atoms with Gasteiger partial charge in [-0.2, -0.15) is 0 Å². The normalized spacial score (nSPS) is 27.2. The van der Waals surface area contributed by atoms with E-state index < -0.39 is 5.54 Å². The maximum Gasteiger partial charge on any atom is 0.247 e. The van der Waals surface area contributed by atoms with Crippen LogP contribution in [0, 0.1) is 0 Å². The minimum absolute atomic E-state index is 0.0129. The van der Waals surface area contributed by atoms with Crippen LogP contribution in [0.5, 0.6) is 0 Å². The van der Waals surface area contributed by atoms with E-state index >= 15 is 0 Å². The molecule has 0 fully saturated rings. The van der Waals surface area contributed by atoms with Crippen molar-refractivity contribution >= 4 is 5.91 Å². The molecule has 0 saturated carbocycles. The number of likely N-dealkylation sites (N-methyl/N-ethyl adjacent to an activating group) is 1. The lowest BCUT2D eigenvalue weighted by atomic mass is 10.00. The molecule has 0 N–H and O–H groups in total. The fourth-order valence-corrected chi connectivity index (χ4v) is 1.50. The minimum Gasteiger partial charge on any atom is -0.467 e. The largest absolute Gasteiger partial charge is 0.467 e. The molecule has 1 aromatic rings. The van der Waals surface area contributed by atoms with Crippen LogP contribution < -0.4 is 0 Å². The Hall–Kier alpha value is -1.51. The van der Waals surface area contributed by atoms with E-state index in [4.69, 9.17) is 4.42 Å². The Morgan fingerprint density at radius 3 is 2.77 bits per heavy atom. The van der Waals surface area contributed by atoms with Crippen molar-refractivity contribution in [2.24, 2.45) is 0 Å². The molecule has 0 bridgehead atoms. The van der Waals surface area contributed by atoms with Crippen molar-refractivity contribution in [3.63, 3.8) is 0 Å². The molecule has 1 aliphatic heterocycles. The number of carbonyl (C=O) groups excluding carboxylic acids is 1. The van der Waals surface area contributed by atoms with Crippen LogP contribution >= 0.6 is 0 Å². The molecule has 0 aromatic carbocycles. The number of hydrogen-bond acceptors (Lipinski definition) is 2. The van der Waals surface area contributed by atoms with Crippen molar-refractivity contribution in [1.29, 1.82) is 0 Å². The van der Waals surface area contributed by atoms with Crippen LogP contribution in [0.1, 0.15) is 12.7 Å². The summed E-state index contributed by atoms with van der Waals surface area (Å²) in [5.41, 5.74) is -0.416. The maximum atomic E-state index is 11.3. The van der Waals surface area contributed by atoms with Gasteiger partial charge in [0.1, 0.15) is 11.3 Å². The molecule has 0 aliphatic carbocycles. The van der Waals surface area contributed by atoms with E-state index in [1.807, 2.05) is 25.1 Å². The van der Waals surface area contributed by atoms with Gasteiger partial charge in [0.25, 0.3) is 0 Å². The third-order valence-electron chi connectivity index (χ3n) is 2.60. The summed E-state index contributed by atoms with van der Waals surface area (Å²) in [6.45, 7) is 1.95. The summed E-state index contributed by atoms with van der Waals surface area (Å²) < 4.78 is 5.29. The second kappa shape index (κ2) is 2.49. The average Bonchev–Trinajstić information content (AvgIpc) is 2.71. The highest BCUT2D eigenvalue weighted by Crippen LogP contribution is 2.32. The van der Waals surface area contributed by atoms with Crippen LogP contribution in [0.3, 0.4) is 0 Å². The number of amides is 1. The van der Waals surface area contributed by atoms with Gasteiger partial charge in [-0.25, -0.2) is 0 Å². The van der Waals surface area contributed by atoms with Crippen LogP contribution in [-0.4, -0.2) is 17.9 Å². The molecule has 2 heterocycles. The van der Waals surface area contributed by atoms with Gasteiger partial charge in [0, 0.05) is 13.1 Å². The Morgan fingerprint density at radius 2 is 2.31 bits per heavy atom. The minimum atomic E-state index is -0.416. The predicted molar refractivity (Wildman–Crippen MR) is 48.0 cm³/mol. The van der Waals surface area contributed by atoms with E-state index in [1.165, 1.54) is 0 Å². The molecule has 1 amide bonds. The highest BCUT2D eigenvalue weighted by molar-refractivity contribution is 5.91. The van der Waals surface area contributed by atoms with Crippen molar-refractivity contribution in [3.8, 4) is 0 Å². The molecule has 13 heavy (non-hydrogen) atoms. The zero-order valence-electron chi connectivity index (χ0n) is 7.65. The van der Waals surface area contributed by atoms with Crippen molar-refractivity contribution in [1.82, 2.24) is 4.90 Å². The van der Waals surface area contributed by atoms with Gasteiger partial charge in [-0.05, 0) is 25.1 Å². The monoisotopic (exact) mass is 177 g/mol. The van der Waals surface area contributed by atoms with E-state index in [9.17, 15) is 4.79 Å². The van der Waals surface area contributed by atoms with E-state index in [2.05, 4.69) is 0 Å². The Labute approximate surface area is 76.6 Å². The van der Waals surface area contributed by atoms with Crippen molar-refractivity contribution in [2.45, 2.75) is 12.5 Å². The molecule has 2 rings (SSSR count). The summed E-state index contributed by atoms with van der Waals surface area (Å²) in [7, 11) is 1.77. The van der Waals surface area contributed by atoms with E-state index in [0.29, 0.717) is 0 Å². The smallest absolute Gasteiger partial charge is 0.247 e. The molecule has 0 radical (unpaired) electrons. The average molecular weight is 177 g/mol. The molecule has 68 valence electrons. The van der Waals surface area contributed by atoms with Gasteiger partial charge in [-0.3, -0.25) is 4.79 Å². The summed E-state index contributed by atoms with van der Waals surface area (Å²) in [6, 6.07) is 3.70. The molecular formula is C10H11NO2. The lowest BCUT2D eigenvalue weighted by Crippen LogP contribution is -2.38. The van der Waals surface area contributed by atoms with Gasteiger partial charge in [0.05, 0.1) is 6.26 Å². The van der Waals surface area contributed by atoms with Crippen LogP contribution in [0.2, 0.25) is 0 Å². The first-order valence-corrected chi connectivity index (χ1v) is 4.15. The number of furan rings is 1. The molecule has 3 heteroatoms. The second-order valence-electron chi connectivity index (χ2n) is 3.36. The third kappa shape index (κ3) is 1.00. The Balaban J connectivity index is 2.43. The van der Waals surface area contributed by atoms with Crippen LogP contribution in [0.25, 0.3) is 0 Å². The van der Waals surface area contributed by atoms with Gasteiger partial charge < -0.3 is 9.32 Å². The molecule has 1 aliphatic rings. The molecule has 0 saturated heterocycles. The van der Waals surface area contributed by atoms with Crippen molar-refractivity contribution < 1.29 is 9.21 Å². The maximum absolute atomic E-state index is 11.3. The first kappa shape index (κ1) is 8.10. The topological polar surface area (TPSA) is 33.5 Å². The molecule has 1 aromatic heterocycles. The summed E-state index contributed by atoms with van der Waals surface area (Å²) >= 11 is 0. The summed E-state index contributed by atoms with van der Waals surface area (Å²) in [4.78, 5) is 12.9. The van der Waals surface area contributed by atoms with Crippen molar-refractivity contribution in [3.05, 3.63) is 36.3 Å². The molecule has 3 nitrogen and oxygen atoms in total. The van der Waals surface area contributed by atoms with Crippen LogP contribution in [0.15, 0.2) is 35.0 Å². The first-order chi connectivity index (χ1) is 6.14.